The molecule has 2 saturated heterocycles. The third kappa shape index (κ3) is 8.16. The number of hydrogen-bond donors (Lipinski definition) is 3. The van der Waals surface area contributed by atoms with Crippen molar-refractivity contribution in [1.82, 2.24) is 24.3 Å². The van der Waals surface area contributed by atoms with Crippen LogP contribution in [0.4, 0.5) is 31.8 Å². The zero-order valence-electron chi connectivity index (χ0n) is 30.1. The van der Waals surface area contributed by atoms with E-state index in [0.717, 1.165) is 43.8 Å². The molecule has 0 aliphatic carbocycles. The predicted molar refractivity (Wildman–Crippen MR) is 204 cm³/mol. The van der Waals surface area contributed by atoms with Gasteiger partial charge in [-0.2, -0.15) is 0 Å². The van der Waals surface area contributed by atoms with Gasteiger partial charge in [0.25, 0.3) is 5.91 Å². The summed E-state index contributed by atoms with van der Waals surface area (Å²) < 4.78 is 30.5. The summed E-state index contributed by atoms with van der Waals surface area (Å²) in [5.41, 5.74) is 4.12. The van der Waals surface area contributed by atoms with Crippen LogP contribution in [0.5, 0.6) is 5.75 Å². The maximum absolute atomic E-state index is 14.3. The van der Waals surface area contributed by atoms with E-state index in [1.807, 2.05) is 47.0 Å². The Labute approximate surface area is 338 Å². The quantitative estimate of drug-likeness (QED) is 0.104. The molecule has 0 bridgehead atoms. The number of phenolic OH excluding ortho intramolecular Hbond substituents is 1. The van der Waals surface area contributed by atoms with Crippen LogP contribution in [-0.4, -0.2) is 67.5 Å². The number of aromatic nitrogens is 4. The van der Waals surface area contributed by atoms with Gasteiger partial charge in [-0.15, -0.1) is 0 Å². The van der Waals surface area contributed by atoms with Gasteiger partial charge in [0.05, 0.1) is 22.8 Å². The number of pyridine rings is 1. The van der Waals surface area contributed by atoms with Gasteiger partial charge in [-0.3, -0.25) is 9.20 Å². The minimum atomic E-state index is -0.868. The second-order valence-corrected chi connectivity index (χ2v) is 13.3. The van der Waals surface area contributed by atoms with Gasteiger partial charge in [0.15, 0.2) is 0 Å². The Morgan fingerprint density at radius 2 is 1.59 bits per heavy atom. The Bertz CT molecular complexity index is 2230. The molecule has 0 saturated carbocycles. The molecule has 0 spiro atoms. The molecule has 3 aromatic carbocycles. The van der Waals surface area contributed by atoms with Crippen LogP contribution in [-0.2, 0) is 32.7 Å². The Kier molecular flexibility index (Phi) is 12.4. The van der Waals surface area contributed by atoms with Crippen molar-refractivity contribution in [2.45, 2.75) is 38.1 Å². The van der Waals surface area contributed by atoms with E-state index in [1.54, 1.807) is 36.5 Å². The van der Waals surface area contributed by atoms with Gasteiger partial charge in [0.1, 0.15) is 28.7 Å². The smallest absolute Gasteiger partial charge is 0.255 e. The standard InChI is InChI=1S/C40H38F2N8O2.CH3.Y/c41-30-10-7-11-31(42)37(30)47-39(52)27-9-6-8-26(24-27)36-38(50-21-5-2-12-35(50)46-36)33-15-18-43-40(45-33)44-32-14-13-29(25-34(32)51)49-22-16-28(17-23-49)48-19-3-1-4-20-48;;/h2,5-15,18,21,24-25,28,51H,1,3-4,16-17,19-20,22-23H2,(H,47,52)(H,43,44,45);1H3;/q;-1;. The van der Waals surface area contributed by atoms with Crippen LogP contribution < -0.4 is 15.5 Å². The average molecular weight is 805 g/mol. The summed E-state index contributed by atoms with van der Waals surface area (Å²) in [5.74, 6) is -2.02. The molecule has 13 heteroatoms. The first-order chi connectivity index (χ1) is 25.4. The normalized spacial score (nSPS) is 15.0. The van der Waals surface area contributed by atoms with Crippen LogP contribution in [0.1, 0.15) is 42.5 Å². The summed E-state index contributed by atoms with van der Waals surface area (Å²) in [6, 6.07) is 23.8. The Morgan fingerprint density at radius 1 is 0.833 bits per heavy atom. The molecule has 2 fully saturated rings. The number of nitrogens with one attached hydrogen (secondary N) is 2. The van der Waals surface area contributed by atoms with Gasteiger partial charge >= 0.3 is 0 Å². The molecule has 10 nitrogen and oxygen atoms in total. The molecule has 0 atom stereocenters. The second kappa shape index (κ2) is 17.1. The minimum absolute atomic E-state index is 0. The summed E-state index contributed by atoms with van der Waals surface area (Å²) in [6.45, 7) is 4.33. The van der Waals surface area contributed by atoms with Gasteiger partial charge in [0.2, 0.25) is 5.95 Å². The number of halogens is 2. The van der Waals surface area contributed by atoms with E-state index < -0.39 is 23.2 Å². The molecule has 1 radical (unpaired) electrons. The van der Waals surface area contributed by atoms with Gasteiger partial charge in [-0.25, -0.2) is 23.7 Å². The van der Waals surface area contributed by atoms with Crippen molar-refractivity contribution in [3.05, 3.63) is 122 Å². The molecule has 3 aromatic heterocycles. The van der Waals surface area contributed by atoms with E-state index in [2.05, 4.69) is 25.4 Å². The van der Waals surface area contributed by atoms with Crippen LogP contribution in [0.2, 0.25) is 0 Å². The number of piperidine rings is 2. The zero-order valence-corrected chi connectivity index (χ0v) is 32.9. The predicted octanol–water partition coefficient (Wildman–Crippen LogP) is 8.34. The van der Waals surface area contributed by atoms with Crippen LogP contribution in [0.25, 0.3) is 28.3 Å². The number of imidazole rings is 1. The first kappa shape index (κ1) is 38.9. The molecule has 2 aliphatic rings. The van der Waals surface area contributed by atoms with Gasteiger partial charge in [-0.1, -0.05) is 30.7 Å². The summed E-state index contributed by atoms with van der Waals surface area (Å²) in [6.07, 6.45) is 9.68. The molecular formula is C41H41F2N8O2Y-. The number of benzene rings is 3. The van der Waals surface area contributed by atoms with Crippen molar-refractivity contribution < 1.29 is 51.4 Å². The number of aromatic hydroxyl groups is 1. The third-order valence-corrected chi connectivity index (χ3v) is 9.99. The summed E-state index contributed by atoms with van der Waals surface area (Å²) in [5, 5.41) is 16.6. The molecule has 0 unspecified atom stereocenters. The topological polar surface area (TPSA) is 111 Å². The van der Waals surface area contributed by atoms with Crippen LogP contribution in [0.3, 0.4) is 0 Å². The molecule has 2 aliphatic heterocycles. The number of hydrogen-bond acceptors (Lipinski definition) is 8. The maximum Gasteiger partial charge on any atom is 0.255 e. The van der Waals surface area contributed by atoms with Crippen molar-refractivity contribution in [1.29, 1.82) is 0 Å². The maximum atomic E-state index is 14.3. The van der Waals surface area contributed by atoms with Gasteiger partial charge < -0.3 is 33.0 Å². The molecule has 5 heterocycles. The third-order valence-electron chi connectivity index (χ3n) is 9.99. The fourth-order valence-electron chi connectivity index (χ4n) is 7.32. The number of fused-ring (bicyclic) bond motifs is 1. The molecule has 54 heavy (non-hydrogen) atoms. The Morgan fingerprint density at radius 3 is 2.35 bits per heavy atom. The minimum Gasteiger partial charge on any atom is -0.506 e. The second-order valence-electron chi connectivity index (χ2n) is 13.3. The number of anilines is 4. The van der Waals surface area contributed by atoms with Crippen molar-refractivity contribution in [3.63, 3.8) is 0 Å². The number of carbonyl (C=O) groups excluding carboxylic acids is 1. The first-order valence-electron chi connectivity index (χ1n) is 17.7. The van der Waals surface area contributed by atoms with E-state index in [1.165, 1.54) is 38.4 Å². The number of para-hydroxylation sites is 1. The van der Waals surface area contributed by atoms with Crippen LogP contribution in [0.15, 0.2) is 97.3 Å². The fourth-order valence-corrected chi connectivity index (χ4v) is 7.32. The summed E-state index contributed by atoms with van der Waals surface area (Å²) in [7, 11) is 0. The number of likely N-dealkylation sites (tertiary alicyclic amines) is 1. The van der Waals surface area contributed by atoms with Crippen LogP contribution >= 0.6 is 0 Å². The van der Waals surface area contributed by atoms with E-state index in [4.69, 9.17) is 9.97 Å². The number of phenols is 1. The Balaban J connectivity index is 0.00000249. The molecule has 8 rings (SSSR count). The van der Waals surface area contributed by atoms with E-state index in [9.17, 15) is 18.7 Å². The molecule has 3 N–H and O–H groups in total. The largest absolute Gasteiger partial charge is 0.506 e. The molecule has 1 amide bonds. The van der Waals surface area contributed by atoms with Crippen molar-refractivity contribution in [3.8, 4) is 28.4 Å². The summed E-state index contributed by atoms with van der Waals surface area (Å²) in [4.78, 5) is 32.2. The van der Waals surface area contributed by atoms with Crippen molar-refractivity contribution in [2.75, 3.05) is 41.7 Å². The SMILES string of the molecule is O=C(Nc1c(F)cccc1F)c1cccc(-c2nc3ccccn3c2-c2ccnc(Nc3ccc(N4CCC(N5CCCCC5)CC4)cc3O)n2)c1.[CH3-].[Y]. The van der Waals surface area contributed by atoms with Gasteiger partial charge in [0, 0.05) is 87.1 Å². The monoisotopic (exact) mass is 804 g/mol. The van der Waals surface area contributed by atoms with Crippen molar-refractivity contribution >= 4 is 34.6 Å². The van der Waals surface area contributed by atoms with Gasteiger partial charge in [-0.05, 0) is 93.4 Å². The molecule has 275 valence electrons. The molecular weight excluding hydrogens is 763 g/mol. The number of rotatable bonds is 8. The number of nitrogens with zero attached hydrogens (tertiary/aromatic N) is 6. The van der Waals surface area contributed by atoms with E-state index in [-0.39, 0.29) is 57.4 Å². The van der Waals surface area contributed by atoms with Crippen molar-refractivity contribution in [2.24, 2.45) is 0 Å². The summed E-state index contributed by atoms with van der Waals surface area (Å²) >= 11 is 0. The number of amides is 1. The average Bonchev–Trinajstić information content (AvgIpc) is 3.58. The fraction of sp³-hybridized carbons (Fsp3) is 0.244. The number of carbonyl (C=O) groups is 1. The Hall–Kier alpha value is -4.78. The van der Waals surface area contributed by atoms with E-state index >= 15 is 0 Å². The van der Waals surface area contributed by atoms with Crippen LogP contribution in [0, 0.1) is 19.1 Å². The van der Waals surface area contributed by atoms with E-state index in [0.29, 0.717) is 40.0 Å². The molecule has 6 aromatic rings. The first-order valence-corrected chi connectivity index (χ1v) is 17.7. The zero-order chi connectivity index (χ0) is 35.6.